The summed E-state index contributed by atoms with van der Waals surface area (Å²) in [5.74, 6) is 0.610. The molecule has 0 saturated carbocycles. The molecule has 3 atom stereocenters. The summed E-state index contributed by atoms with van der Waals surface area (Å²) < 4.78 is 10.9. The highest BCUT2D eigenvalue weighted by molar-refractivity contribution is 5.19. The van der Waals surface area contributed by atoms with Crippen molar-refractivity contribution in [3.63, 3.8) is 0 Å². The van der Waals surface area contributed by atoms with Gasteiger partial charge in [0, 0.05) is 45.4 Å². The van der Waals surface area contributed by atoms with Gasteiger partial charge in [-0.25, -0.2) is 0 Å². The summed E-state index contributed by atoms with van der Waals surface area (Å²) in [6.07, 6.45) is 1.85. The predicted molar refractivity (Wildman–Crippen MR) is 94.0 cm³/mol. The number of benzene rings is 1. The standard InChI is InChI=1S/C19H30N2O3/c22-18(14-21-7-10-23-11-8-21)13-20-19(12-16-6-9-24-15-16)17-4-2-1-3-5-17/h1-5,16,18-20,22H,6-15H2. The van der Waals surface area contributed by atoms with Crippen LogP contribution in [0, 0.1) is 5.92 Å². The van der Waals surface area contributed by atoms with E-state index in [2.05, 4.69) is 34.5 Å². The minimum absolute atomic E-state index is 0.275. The predicted octanol–water partition coefficient (Wildman–Crippen LogP) is 1.44. The van der Waals surface area contributed by atoms with Crippen LogP contribution in [0.25, 0.3) is 0 Å². The molecule has 0 bridgehead atoms. The van der Waals surface area contributed by atoms with Gasteiger partial charge in [0.1, 0.15) is 0 Å². The molecule has 0 spiro atoms. The van der Waals surface area contributed by atoms with Crippen molar-refractivity contribution in [2.75, 3.05) is 52.6 Å². The topological polar surface area (TPSA) is 54.0 Å². The fourth-order valence-corrected chi connectivity index (χ4v) is 3.55. The van der Waals surface area contributed by atoms with E-state index in [9.17, 15) is 5.11 Å². The van der Waals surface area contributed by atoms with E-state index in [0.717, 1.165) is 52.4 Å². The van der Waals surface area contributed by atoms with Crippen LogP contribution in [-0.4, -0.2) is 68.7 Å². The van der Waals surface area contributed by atoms with E-state index in [4.69, 9.17) is 9.47 Å². The second-order valence-corrected chi connectivity index (χ2v) is 6.90. The molecule has 0 aliphatic carbocycles. The van der Waals surface area contributed by atoms with E-state index in [1.807, 2.05) is 6.07 Å². The molecule has 0 radical (unpaired) electrons. The fraction of sp³-hybridized carbons (Fsp3) is 0.684. The third-order valence-corrected chi connectivity index (χ3v) is 4.97. The number of morpholine rings is 1. The Labute approximate surface area is 144 Å². The first-order chi connectivity index (χ1) is 11.8. The summed E-state index contributed by atoms with van der Waals surface area (Å²) in [5, 5.41) is 14.0. The number of hydrogen-bond donors (Lipinski definition) is 2. The lowest BCUT2D eigenvalue weighted by molar-refractivity contribution is 0.0143. The normalized spacial score (nSPS) is 24.8. The third kappa shape index (κ3) is 5.53. The monoisotopic (exact) mass is 334 g/mol. The number of nitrogens with zero attached hydrogens (tertiary/aromatic N) is 1. The lowest BCUT2D eigenvalue weighted by Crippen LogP contribution is -2.44. The van der Waals surface area contributed by atoms with Gasteiger partial charge in [-0.2, -0.15) is 0 Å². The lowest BCUT2D eigenvalue weighted by Gasteiger charge is -2.29. The van der Waals surface area contributed by atoms with Gasteiger partial charge in [-0.1, -0.05) is 30.3 Å². The number of rotatable bonds is 8. The van der Waals surface area contributed by atoms with Crippen molar-refractivity contribution in [3.05, 3.63) is 35.9 Å². The molecule has 0 aromatic heterocycles. The van der Waals surface area contributed by atoms with Crippen molar-refractivity contribution >= 4 is 0 Å². The Morgan fingerprint density at radius 1 is 1.12 bits per heavy atom. The van der Waals surface area contributed by atoms with Crippen LogP contribution in [0.15, 0.2) is 30.3 Å². The van der Waals surface area contributed by atoms with E-state index in [1.54, 1.807) is 0 Å². The van der Waals surface area contributed by atoms with Crippen LogP contribution in [0.3, 0.4) is 0 Å². The second kappa shape index (κ2) is 9.49. The highest BCUT2D eigenvalue weighted by atomic mass is 16.5. The number of β-amino-alcohol motifs (C(OH)–C–C–N with tert-alkyl or cyclic N) is 1. The SMILES string of the molecule is OC(CNC(CC1CCOC1)c1ccccc1)CN1CCOCC1. The van der Waals surface area contributed by atoms with Crippen LogP contribution in [0.1, 0.15) is 24.4 Å². The Kier molecular flexibility index (Phi) is 7.05. The van der Waals surface area contributed by atoms with E-state index in [1.165, 1.54) is 5.56 Å². The van der Waals surface area contributed by atoms with Crippen molar-refractivity contribution in [1.82, 2.24) is 10.2 Å². The molecular weight excluding hydrogens is 304 g/mol. The summed E-state index contributed by atoms with van der Waals surface area (Å²) in [4.78, 5) is 2.28. The van der Waals surface area contributed by atoms with Crippen LogP contribution in [0.4, 0.5) is 0 Å². The number of aliphatic hydroxyl groups excluding tert-OH is 1. The van der Waals surface area contributed by atoms with Crippen LogP contribution < -0.4 is 5.32 Å². The highest BCUT2D eigenvalue weighted by Gasteiger charge is 2.23. The average Bonchev–Trinajstić information content (AvgIpc) is 3.13. The molecule has 5 heteroatoms. The number of nitrogens with one attached hydrogen (secondary N) is 1. The van der Waals surface area contributed by atoms with Crippen molar-refractivity contribution in [1.29, 1.82) is 0 Å². The van der Waals surface area contributed by atoms with Crippen LogP contribution in [0.5, 0.6) is 0 Å². The van der Waals surface area contributed by atoms with Gasteiger partial charge < -0.3 is 19.9 Å². The van der Waals surface area contributed by atoms with Gasteiger partial charge in [-0.15, -0.1) is 0 Å². The van der Waals surface area contributed by atoms with Crippen molar-refractivity contribution < 1.29 is 14.6 Å². The molecule has 2 aliphatic rings. The molecule has 134 valence electrons. The summed E-state index contributed by atoms with van der Waals surface area (Å²) in [5.41, 5.74) is 1.29. The summed E-state index contributed by atoms with van der Waals surface area (Å²) >= 11 is 0. The van der Waals surface area contributed by atoms with Gasteiger partial charge in [-0.3, -0.25) is 4.90 Å². The maximum absolute atomic E-state index is 10.4. The Morgan fingerprint density at radius 3 is 2.62 bits per heavy atom. The third-order valence-electron chi connectivity index (χ3n) is 4.97. The van der Waals surface area contributed by atoms with Crippen LogP contribution >= 0.6 is 0 Å². The molecule has 5 nitrogen and oxygen atoms in total. The van der Waals surface area contributed by atoms with Gasteiger partial charge in [0.15, 0.2) is 0 Å². The second-order valence-electron chi connectivity index (χ2n) is 6.90. The Morgan fingerprint density at radius 2 is 1.92 bits per heavy atom. The molecular formula is C19H30N2O3. The smallest absolute Gasteiger partial charge is 0.0791 e. The Hall–Kier alpha value is -0.980. The molecule has 1 aromatic rings. The van der Waals surface area contributed by atoms with E-state index in [-0.39, 0.29) is 12.1 Å². The molecule has 2 fully saturated rings. The number of hydrogen-bond acceptors (Lipinski definition) is 5. The minimum atomic E-state index is -0.353. The zero-order chi connectivity index (χ0) is 16.6. The minimum Gasteiger partial charge on any atom is -0.390 e. The molecule has 3 unspecified atom stereocenters. The molecule has 3 rings (SSSR count). The summed E-state index contributed by atoms with van der Waals surface area (Å²) in [6.45, 7) is 6.45. The Bertz CT molecular complexity index is 459. The molecule has 2 aliphatic heterocycles. The maximum atomic E-state index is 10.4. The average molecular weight is 334 g/mol. The molecule has 24 heavy (non-hydrogen) atoms. The lowest BCUT2D eigenvalue weighted by atomic mass is 9.94. The molecule has 0 amide bonds. The van der Waals surface area contributed by atoms with Crippen LogP contribution in [0.2, 0.25) is 0 Å². The zero-order valence-corrected chi connectivity index (χ0v) is 14.4. The zero-order valence-electron chi connectivity index (χ0n) is 14.4. The van der Waals surface area contributed by atoms with Crippen molar-refractivity contribution in [2.24, 2.45) is 5.92 Å². The van der Waals surface area contributed by atoms with E-state index < -0.39 is 0 Å². The summed E-state index contributed by atoms with van der Waals surface area (Å²) in [7, 11) is 0. The largest absolute Gasteiger partial charge is 0.390 e. The Balaban J connectivity index is 1.50. The van der Waals surface area contributed by atoms with Crippen molar-refractivity contribution in [3.8, 4) is 0 Å². The molecule has 2 saturated heterocycles. The highest BCUT2D eigenvalue weighted by Crippen LogP contribution is 2.26. The first kappa shape index (κ1) is 17.8. The number of ether oxygens (including phenoxy) is 2. The fourth-order valence-electron chi connectivity index (χ4n) is 3.55. The van der Waals surface area contributed by atoms with Gasteiger partial charge in [0.2, 0.25) is 0 Å². The molecule has 2 N–H and O–H groups in total. The quantitative estimate of drug-likeness (QED) is 0.753. The van der Waals surface area contributed by atoms with Gasteiger partial charge in [-0.05, 0) is 24.3 Å². The summed E-state index contributed by atoms with van der Waals surface area (Å²) in [6, 6.07) is 10.8. The van der Waals surface area contributed by atoms with Gasteiger partial charge >= 0.3 is 0 Å². The first-order valence-electron chi connectivity index (χ1n) is 9.15. The van der Waals surface area contributed by atoms with Crippen molar-refractivity contribution in [2.45, 2.75) is 25.0 Å². The molecule has 1 aromatic carbocycles. The van der Waals surface area contributed by atoms with Gasteiger partial charge in [0.25, 0.3) is 0 Å². The van der Waals surface area contributed by atoms with E-state index >= 15 is 0 Å². The van der Waals surface area contributed by atoms with Gasteiger partial charge in [0.05, 0.1) is 19.3 Å². The number of aliphatic hydroxyl groups is 1. The van der Waals surface area contributed by atoms with Crippen LogP contribution in [-0.2, 0) is 9.47 Å². The maximum Gasteiger partial charge on any atom is 0.0791 e. The van der Waals surface area contributed by atoms with E-state index in [0.29, 0.717) is 19.0 Å². The first-order valence-corrected chi connectivity index (χ1v) is 9.15. The molecule has 2 heterocycles.